The number of non-ortho nitro benzene ring substituents is 1. The molecular weight excluding hydrogens is 270 g/mol. The van der Waals surface area contributed by atoms with Crippen LogP contribution in [0, 0.1) is 10.1 Å². The number of nitrogens with zero attached hydrogens (tertiary/aromatic N) is 2. The fourth-order valence-electron chi connectivity index (χ4n) is 2.81. The minimum absolute atomic E-state index is 0.0959. The van der Waals surface area contributed by atoms with Gasteiger partial charge in [0.05, 0.1) is 12.0 Å². The molecule has 6 heteroatoms. The average Bonchev–Trinajstić information content (AvgIpc) is 2.40. The third kappa shape index (κ3) is 3.33. The van der Waals surface area contributed by atoms with Gasteiger partial charge in [-0.25, -0.2) is 0 Å². The number of nitro benzene ring substituents is 1. The molecule has 0 radical (unpaired) electrons. The Kier molecular flexibility index (Phi) is 4.80. The van der Waals surface area contributed by atoms with Crippen LogP contribution in [0.1, 0.15) is 24.8 Å². The fourth-order valence-corrected chi connectivity index (χ4v) is 2.81. The number of methoxy groups -OCH3 is 1. The zero-order valence-corrected chi connectivity index (χ0v) is 12.9. The largest absolute Gasteiger partial charge is 0.496 e. The van der Waals surface area contributed by atoms with Gasteiger partial charge in [-0.3, -0.25) is 10.1 Å². The molecule has 0 spiro atoms. The van der Waals surface area contributed by atoms with E-state index in [1.807, 2.05) is 0 Å². The molecule has 0 saturated heterocycles. The van der Waals surface area contributed by atoms with Gasteiger partial charge in [-0.2, -0.15) is 0 Å². The summed E-state index contributed by atoms with van der Waals surface area (Å²) in [6.07, 6.45) is 3.65. The third-order valence-corrected chi connectivity index (χ3v) is 4.48. The van der Waals surface area contributed by atoms with Crippen molar-refractivity contribution in [1.29, 1.82) is 0 Å². The SMILES string of the molecule is COc1ccc([N+](=O)[O-])cc1CNCC1(N(C)C)CCC1. The highest BCUT2D eigenvalue weighted by atomic mass is 16.6. The molecule has 0 atom stereocenters. The van der Waals surface area contributed by atoms with E-state index in [0.717, 1.165) is 12.1 Å². The normalized spacial score (nSPS) is 16.6. The van der Waals surface area contributed by atoms with Crippen molar-refractivity contribution in [2.45, 2.75) is 31.3 Å². The van der Waals surface area contributed by atoms with Crippen LogP contribution in [0.3, 0.4) is 0 Å². The number of nitro groups is 1. The van der Waals surface area contributed by atoms with Gasteiger partial charge in [-0.1, -0.05) is 0 Å². The summed E-state index contributed by atoms with van der Waals surface area (Å²) in [5.41, 5.74) is 1.15. The Labute approximate surface area is 125 Å². The summed E-state index contributed by atoms with van der Waals surface area (Å²) in [5.74, 6) is 0.681. The van der Waals surface area contributed by atoms with E-state index in [9.17, 15) is 10.1 Å². The summed E-state index contributed by atoms with van der Waals surface area (Å²) in [6, 6.07) is 4.70. The first kappa shape index (κ1) is 15.7. The van der Waals surface area contributed by atoms with E-state index in [0.29, 0.717) is 12.3 Å². The van der Waals surface area contributed by atoms with Gasteiger partial charge in [0.15, 0.2) is 0 Å². The molecule has 0 amide bonds. The lowest BCUT2D eigenvalue weighted by Gasteiger charge is -2.47. The predicted molar refractivity (Wildman–Crippen MR) is 81.6 cm³/mol. The summed E-state index contributed by atoms with van der Waals surface area (Å²) < 4.78 is 5.28. The van der Waals surface area contributed by atoms with Crippen LogP contribution in [0.4, 0.5) is 5.69 Å². The predicted octanol–water partition coefficient (Wildman–Crippen LogP) is 2.18. The van der Waals surface area contributed by atoms with E-state index >= 15 is 0 Å². The van der Waals surface area contributed by atoms with Gasteiger partial charge in [0.25, 0.3) is 5.69 Å². The van der Waals surface area contributed by atoms with Gasteiger partial charge in [0.1, 0.15) is 5.75 Å². The van der Waals surface area contributed by atoms with Crippen LogP contribution in [-0.4, -0.2) is 43.1 Å². The van der Waals surface area contributed by atoms with E-state index in [1.165, 1.54) is 25.3 Å². The quantitative estimate of drug-likeness (QED) is 0.616. The lowest BCUT2D eigenvalue weighted by atomic mass is 9.75. The minimum Gasteiger partial charge on any atom is -0.496 e. The average molecular weight is 293 g/mol. The maximum absolute atomic E-state index is 10.9. The molecule has 0 aromatic heterocycles. The highest BCUT2D eigenvalue weighted by Gasteiger charge is 2.38. The van der Waals surface area contributed by atoms with Gasteiger partial charge in [0, 0.05) is 36.3 Å². The van der Waals surface area contributed by atoms with Crippen LogP contribution < -0.4 is 10.1 Å². The third-order valence-electron chi connectivity index (χ3n) is 4.48. The smallest absolute Gasteiger partial charge is 0.270 e. The molecule has 116 valence electrons. The molecule has 1 aromatic rings. The Balaban J connectivity index is 2.02. The van der Waals surface area contributed by atoms with Crippen LogP contribution in [0.25, 0.3) is 0 Å². The number of benzene rings is 1. The van der Waals surface area contributed by atoms with Crippen LogP contribution in [0.5, 0.6) is 5.75 Å². The Morgan fingerprint density at radius 3 is 2.62 bits per heavy atom. The molecule has 0 heterocycles. The van der Waals surface area contributed by atoms with Crippen LogP contribution >= 0.6 is 0 Å². The van der Waals surface area contributed by atoms with Crippen molar-refractivity contribution in [3.63, 3.8) is 0 Å². The molecule has 1 N–H and O–H groups in total. The molecule has 0 aliphatic heterocycles. The topological polar surface area (TPSA) is 67.6 Å². The molecule has 1 aromatic carbocycles. The molecule has 0 bridgehead atoms. The highest BCUT2D eigenvalue weighted by Crippen LogP contribution is 2.35. The molecule has 1 aliphatic carbocycles. The molecule has 0 unspecified atom stereocenters. The first-order chi connectivity index (χ1) is 9.98. The number of ether oxygens (including phenoxy) is 1. The Morgan fingerprint density at radius 2 is 2.14 bits per heavy atom. The van der Waals surface area contributed by atoms with Crippen LogP contribution in [0.2, 0.25) is 0 Å². The summed E-state index contributed by atoms with van der Waals surface area (Å²) >= 11 is 0. The van der Waals surface area contributed by atoms with E-state index in [2.05, 4.69) is 24.3 Å². The van der Waals surface area contributed by atoms with Crippen molar-refractivity contribution in [3.8, 4) is 5.75 Å². The number of rotatable bonds is 7. The molecule has 1 aliphatic rings. The zero-order chi connectivity index (χ0) is 15.5. The monoisotopic (exact) mass is 293 g/mol. The number of hydrogen-bond acceptors (Lipinski definition) is 5. The summed E-state index contributed by atoms with van der Waals surface area (Å²) in [4.78, 5) is 12.8. The lowest BCUT2D eigenvalue weighted by Crippen LogP contribution is -2.56. The Morgan fingerprint density at radius 1 is 1.43 bits per heavy atom. The fraction of sp³-hybridized carbons (Fsp3) is 0.600. The maximum atomic E-state index is 10.9. The first-order valence-corrected chi connectivity index (χ1v) is 7.18. The molecule has 1 saturated carbocycles. The summed E-state index contributed by atoms with van der Waals surface area (Å²) in [6.45, 7) is 1.45. The van der Waals surface area contributed by atoms with Crippen LogP contribution in [0.15, 0.2) is 18.2 Å². The van der Waals surface area contributed by atoms with Crippen molar-refractivity contribution in [1.82, 2.24) is 10.2 Å². The van der Waals surface area contributed by atoms with Crippen molar-refractivity contribution in [2.75, 3.05) is 27.7 Å². The standard InChI is InChI=1S/C15H23N3O3/c1-17(2)15(7-4-8-15)11-16-10-12-9-13(18(19)20)5-6-14(12)21-3/h5-6,9,16H,4,7-8,10-11H2,1-3H3. The zero-order valence-electron chi connectivity index (χ0n) is 12.9. The molecule has 2 rings (SSSR count). The van der Waals surface area contributed by atoms with Gasteiger partial charge in [-0.05, 0) is 39.4 Å². The number of nitrogens with one attached hydrogen (secondary N) is 1. The number of likely N-dealkylation sites (N-methyl/N-ethyl adjacent to an activating group) is 1. The van der Waals surface area contributed by atoms with E-state index in [1.54, 1.807) is 19.2 Å². The number of hydrogen-bond donors (Lipinski definition) is 1. The van der Waals surface area contributed by atoms with Gasteiger partial charge in [-0.15, -0.1) is 0 Å². The van der Waals surface area contributed by atoms with Crippen LogP contribution in [-0.2, 0) is 6.54 Å². The maximum Gasteiger partial charge on any atom is 0.270 e. The van der Waals surface area contributed by atoms with Crippen molar-refractivity contribution >= 4 is 5.69 Å². The first-order valence-electron chi connectivity index (χ1n) is 7.18. The minimum atomic E-state index is -0.379. The van der Waals surface area contributed by atoms with Gasteiger partial charge < -0.3 is 15.0 Å². The second-order valence-corrected chi connectivity index (χ2v) is 5.83. The van der Waals surface area contributed by atoms with Crippen molar-refractivity contribution < 1.29 is 9.66 Å². The summed E-state index contributed by atoms with van der Waals surface area (Å²) in [5, 5.41) is 14.3. The van der Waals surface area contributed by atoms with Gasteiger partial charge >= 0.3 is 0 Å². The van der Waals surface area contributed by atoms with E-state index < -0.39 is 0 Å². The second kappa shape index (κ2) is 6.41. The highest BCUT2D eigenvalue weighted by molar-refractivity contribution is 5.43. The molecular formula is C15H23N3O3. The molecule has 21 heavy (non-hydrogen) atoms. The lowest BCUT2D eigenvalue weighted by molar-refractivity contribution is -0.384. The Hall–Kier alpha value is -1.66. The summed E-state index contributed by atoms with van der Waals surface area (Å²) in [7, 11) is 5.79. The van der Waals surface area contributed by atoms with Crippen molar-refractivity contribution in [3.05, 3.63) is 33.9 Å². The molecule has 1 fully saturated rings. The van der Waals surface area contributed by atoms with E-state index in [4.69, 9.17) is 4.74 Å². The molecule has 6 nitrogen and oxygen atoms in total. The van der Waals surface area contributed by atoms with Crippen molar-refractivity contribution in [2.24, 2.45) is 0 Å². The second-order valence-electron chi connectivity index (χ2n) is 5.83. The van der Waals surface area contributed by atoms with Gasteiger partial charge in [0.2, 0.25) is 0 Å². The van der Waals surface area contributed by atoms with E-state index in [-0.39, 0.29) is 16.1 Å². The Bertz CT molecular complexity index is 513.